The van der Waals surface area contributed by atoms with Gasteiger partial charge in [0.2, 0.25) is 5.72 Å². The van der Waals surface area contributed by atoms with Gasteiger partial charge in [-0.15, -0.1) is 0 Å². The number of hydrogen-bond acceptors (Lipinski definition) is 11. The summed E-state index contributed by atoms with van der Waals surface area (Å²) in [5.41, 5.74) is 24.8. The molecule has 5 heterocycles. The minimum atomic E-state index is -4.98. The number of guanidine groups is 1. The number of nitrogens with zero attached hydrogens (tertiary/aromatic N) is 1. The number of phenols is 1. The van der Waals surface area contributed by atoms with Gasteiger partial charge in [0.05, 0.1) is 33.2 Å². The molecular weight excluding hydrogens is 1230 g/mol. The summed E-state index contributed by atoms with van der Waals surface area (Å²) >= 11 is 0. The summed E-state index contributed by atoms with van der Waals surface area (Å²) in [6, 6.07) is 47.5. The van der Waals surface area contributed by atoms with Gasteiger partial charge in [0.25, 0.3) is 0 Å². The molecular formula is C81H89N4NaO9S. The molecule has 17 rings (SSSR count). The van der Waals surface area contributed by atoms with Crippen molar-refractivity contribution in [1.82, 2.24) is 5.32 Å². The minimum Gasteiger partial charge on any atom is -0.748 e. The van der Waals surface area contributed by atoms with Gasteiger partial charge in [-0.2, -0.15) is 0 Å². The van der Waals surface area contributed by atoms with Crippen molar-refractivity contribution in [3.8, 4) is 23.3 Å². The first kappa shape index (κ1) is 66.9. The Labute approximate surface area is 587 Å². The Balaban J connectivity index is 0.00000792. The van der Waals surface area contributed by atoms with Crippen LogP contribution in [-0.2, 0) is 59.2 Å². The van der Waals surface area contributed by atoms with E-state index in [9.17, 15) is 33.4 Å². The van der Waals surface area contributed by atoms with Gasteiger partial charge in [-0.1, -0.05) is 134 Å². The largest absolute Gasteiger partial charge is 1.00 e. The van der Waals surface area contributed by atoms with E-state index in [0.717, 1.165) is 83.2 Å². The van der Waals surface area contributed by atoms with Crippen LogP contribution < -0.4 is 51.1 Å². The molecule has 0 spiro atoms. The standard InChI is InChI=1S/C81H90N4O9S.Na/c1-47-15-16-55-39-63-27-31-66(55)70(47)43-76(95(90,91)92)72-41-58-37-57(40-64-33-49(46-86)11-8-13-53-38-62(87)26-30-69(53)78(58)93-64)77(72)50-17-23-61(24-18-50)81(94-63,85-79(82)83)73-32-25-60-22-19-56(44-80(60,89)74(73)34-48-9-4-3-5-10-48)51-20-29-68-54(35-51)21-28-67-59(45-84-2)36-52-12-6-7-14-65(52)71(67)42-75(68)88;/h3-7,9-10,12,14,17-18,20,23-24,26-27,29-31,35-36,38-39,41,47,49,56-57,60,64,70,72-78,84,86-89H,11,15-16,19,21-22,25,28,32-34,37,40,42-46H2,1-2H3,(H4,82,83,85)(H,90,91,92);/q;+1/p-1/t47-,49+,56-,57-,60-,64-,70+,72-,73-,74-,75-,76-,77+,78-,80+,81+;/m1./s1. The first-order valence-corrected chi connectivity index (χ1v) is 36.4. The summed E-state index contributed by atoms with van der Waals surface area (Å²) in [5.74, 6) is 4.21. The zero-order valence-electron chi connectivity index (χ0n) is 55.5. The molecule has 16 atom stereocenters. The van der Waals surface area contributed by atoms with E-state index in [1.54, 1.807) is 12.1 Å². The fourth-order valence-electron chi connectivity index (χ4n) is 19.8. The zero-order valence-corrected chi connectivity index (χ0v) is 58.3. The third-order valence-corrected chi connectivity index (χ3v) is 25.4. The average molecular weight is 1320 g/mol. The fraction of sp³-hybridized carbons (Fsp3) is 0.444. The molecule has 0 aromatic heterocycles. The molecule has 13 nitrogen and oxygen atoms in total. The first-order chi connectivity index (χ1) is 45.9. The van der Waals surface area contributed by atoms with Crippen molar-refractivity contribution >= 4 is 26.9 Å². The quantitative estimate of drug-likeness (QED) is 0.0179. The van der Waals surface area contributed by atoms with Crippen molar-refractivity contribution in [1.29, 1.82) is 0 Å². The van der Waals surface area contributed by atoms with Crippen LogP contribution >= 0.6 is 0 Å². The number of aliphatic hydroxyl groups is 3. The van der Waals surface area contributed by atoms with Gasteiger partial charge >= 0.3 is 29.6 Å². The summed E-state index contributed by atoms with van der Waals surface area (Å²) in [7, 11) is -2.99. The molecule has 7 aromatic carbocycles. The van der Waals surface area contributed by atoms with E-state index in [0.29, 0.717) is 81.1 Å². The van der Waals surface area contributed by atoms with Gasteiger partial charge in [0.15, 0.2) is 5.96 Å². The van der Waals surface area contributed by atoms with Gasteiger partial charge in [-0.3, -0.25) is 0 Å². The molecule has 0 amide bonds. The maximum atomic E-state index is 14.5. The van der Waals surface area contributed by atoms with Crippen LogP contribution in [0.15, 0.2) is 156 Å². The van der Waals surface area contributed by atoms with Crippen LogP contribution in [0.25, 0.3) is 10.8 Å². The Bertz CT molecular complexity index is 4320. The van der Waals surface area contributed by atoms with Crippen LogP contribution in [0.1, 0.15) is 180 Å². The zero-order chi connectivity index (χ0) is 65.5. The van der Waals surface area contributed by atoms with Crippen molar-refractivity contribution in [2.75, 3.05) is 13.7 Å². The molecule has 96 heavy (non-hydrogen) atoms. The minimum absolute atomic E-state index is 0. The molecule has 5 aliphatic carbocycles. The summed E-state index contributed by atoms with van der Waals surface area (Å²) in [5, 5.41) is 52.8. The van der Waals surface area contributed by atoms with Crippen molar-refractivity contribution in [2.45, 2.75) is 169 Å². The number of hydrogen-bond donors (Lipinski definition) is 7. The van der Waals surface area contributed by atoms with Crippen molar-refractivity contribution in [2.24, 2.45) is 57.9 Å². The molecule has 0 unspecified atom stereocenters. The third-order valence-electron chi connectivity index (χ3n) is 24.2. The number of aliphatic imine (C=N–C) groups is 1. The maximum absolute atomic E-state index is 14.5. The summed E-state index contributed by atoms with van der Waals surface area (Å²) in [4.78, 5) is 5.40. The number of aliphatic hydroxyl groups excluding tert-OH is 2. The Kier molecular flexibility index (Phi) is 18.9. The summed E-state index contributed by atoms with van der Waals surface area (Å²) in [6.07, 6.45) is 10.2. The molecule has 3 fully saturated rings. The molecule has 10 bridgehead atoms. The molecule has 9 N–H and O–H groups in total. The Morgan fingerprint density at radius 2 is 1.56 bits per heavy atom. The number of nitrogens with two attached hydrogens (primary N) is 2. The van der Waals surface area contributed by atoms with Gasteiger partial charge < -0.3 is 51.2 Å². The number of benzene rings is 7. The molecule has 2 saturated carbocycles. The summed E-state index contributed by atoms with van der Waals surface area (Å²) in [6.45, 7) is 2.82. The molecule has 7 aromatic rings. The van der Waals surface area contributed by atoms with Crippen LogP contribution in [0, 0.1) is 53.3 Å². The molecule has 0 radical (unpaired) electrons. The van der Waals surface area contributed by atoms with E-state index in [1.807, 2.05) is 37.4 Å². The normalized spacial score (nSPS) is 31.3. The number of ether oxygens (including phenoxy) is 2. The molecule has 1 saturated heterocycles. The molecule has 494 valence electrons. The van der Waals surface area contributed by atoms with E-state index in [2.05, 4.69) is 127 Å². The number of phenolic OH excluding ortho intramolecular Hbond substituents is 1. The Hall–Kier alpha value is -6.32. The number of rotatable bonds is 9. The predicted molar refractivity (Wildman–Crippen MR) is 369 cm³/mol. The second kappa shape index (κ2) is 27.1. The Morgan fingerprint density at radius 1 is 0.802 bits per heavy atom. The van der Waals surface area contributed by atoms with E-state index in [4.69, 9.17) is 25.9 Å². The van der Waals surface area contributed by atoms with E-state index < -0.39 is 62.6 Å². The van der Waals surface area contributed by atoms with Gasteiger partial charge in [0, 0.05) is 54.5 Å². The average Bonchev–Trinajstić information content (AvgIpc) is 1.55. The van der Waals surface area contributed by atoms with Crippen molar-refractivity contribution in [3.05, 3.63) is 224 Å². The summed E-state index contributed by atoms with van der Waals surface area (Å²) < 4.78 is 58.6. The number of fused-ring (bicyclic) bond motifs is 13. The molecule has 5 aliphatic heterocycles. The van der Waals surface area contributed by atoms with E-state index >= 15 is 0 Å². The van der Waals surface area contributed by atoms with Crippen LogP contribution in [0.3, 0.4) is 0 Å². The second-order valence-corrected chi connectivity index (χ2v) is 31.1. The predicted octanol–water partition coefficient (Wildman–Crippen LogP) is 9.65. The number of allylic oxidation sites excluding steroid dienone is 1. The van der Waals surface area contributed by atoms with Crippen LogP contribution in [0.4, 0.5) is 0 Å². The SMILES string of the molecule is CNCc1cc2ccccc2c2c1CCc1cc([C@@H]3CC[C@@H]4CC[C@@H]([C@@]5(N=C(N)N)Oc6ccc7c(c6)CC[C@@H](C)[C@@H]7C[C@@H](S(=O)(=O)[O-])[C@H]6C=C7C[C@H](C[C@H]8C[C@@H](CO)CC#Cc9cc(O)ccc9[C@@H]7O8)[C@@H]6c6ccc5cc6)[C@@H](Cc5ccccc5)[C@]4(O)C3)ccc1[C@H](O)C2.[Na+]. The van der Waals surface area contributed by atoms with Crippen LogP contribution in [0.5, 0.6) is 11.5 Å². The smallest absolute Gasteiger partial charge is 0.748 e. The molecule has 10 aliphatic rings. The molecule has 15 heteroatoms. The maximum Gasteiger partial charge on any atom is 1.00 e. The first-order valence-electron chi connectivity index (χ1n) is 35.0. The Morgan fingerprint density at radius 3 is 2.35 bits per heavy atom. The monoisotopic (exact) mass is 1320 g/mol. The van der Waals surface area contributed by atoms with Crippen molar-refractivity contribution < 1.29 is 72.4 Å². The van der Waals surface area contributed by atoms with E-state index in [-0.39, 0.29) is 95.9 Å². The van der Waals surface area contributed by atoms with E-state index in [1.165, 1.54) is 33.0 Å². The van der Waals surface area contributed by atoms with Gasteiger partial charge in [-0.25, -0.2) is 13.4 Å². The number of nitrogens with one attached hydrogen (secondary N) is 1. The second-order valence-electron chi connectivity index (χ2n) is 29.5. The van der Waals surface area contributed by atoms with Crippen LogP contribution in [0.2, 0.25) is 0 Å². The van der Waals surface area contributed by atoms with Gasteiger partial charge in [-0.05, 0) is 247 Å². The number of aromatic hydroxyl groups is 1. The number of aryl methyl sites for hydroxylation is 2. The third kappa shape index (κ3) is 12.5. The topological polar surface area (TPSA) is 233 Å². The van der Waals surface area contributed by atoms with Crippen molar-refractivity contribution in [3.63, 3.8) is 0 Å². The fourth-order valence-corrected chi connectivity index (χ4v) is 20.8. The van der Waals surface area contributed by atoms with Gasteiger partial charge in [0.1, 0.15) is 17.6 Å². The van der Waals surface area contributed by atoms with Crippen LogP contribution in [-0.4, -0.2) is 70.0 Å².